The minimum atomic E-state index is -0.544. The molecule has 0 saturated heterocycles. The smallest absolute Gasteiger partial charge is 0.410 e. The number of carbonyl (C=O) groups excluding carboxylic acids is 2. The van der Waals surface area contributed by atoms with Crippen molar-refractivity contribution in [2.24, 2.45) is 5.92 Å². The Balaban J connectivity index is 1.52. The second kappa shape index (κ2) is 6.00. The zero-order valence-electron chi connectivity index (χ0n) is 15.2. The van der Waals surface area contributed by atoms with E-state index in [9.17, 15) is 9.59 Å². The first-order chi connectivity index (χ1) is 12.3. The number of aromatic nitrogens is 1. The summed E-state index contributed by atoms with van der Waals surface area (Å²) in [5.74, 6) is 0.320. The third-order valence-corrected chi connectivity index (χ3v) is 4.68. The van der Waals surface area contributed by atoms with Gasteiger partial charge in [0.2, 0.25) is 5.89 Å². The number of carbonyl (C=O) groups is 2. The molecule has 1 amide bonds. The molecule has 0 aromatic carbocycles. The molecule has 3 heterocycles. The predicted molar refractivity (Wildman–Crippen MR) is 91.3 cm³/mol. The van der Waals surface area contributed by atoms with Gasteiger partial charge in [-0.2, -0.15) is 0 Å². The van der Waals surface area contributed by atoms with Gasteiger partial charge in [0.05, 0.1) is 24.4 Å². The lowest BCUT2D eigenvalue weighted by molar-refractivity contribution is -0.123. The van der Waals surface area contributed by atoms with Crippen molar-refractivity contribution in [2.45, 2.75) is 45.3 Å². The van der Waals surface area contributed by atoms with Gasteiger partial charge in [-0.15, -0.1) is 0 Å². The fraction of sp³-hybridized carbons (Fsp3) is 0.526. The molecule has 0 N–H and O–H groups in total. The Morgan fingerprint density at radius 1 is 1.38 bits per heavy atom. The van der Waals surface area contributed by atoms with Gasteiger partial charge in [-0.05, 0) is 20.8 Å². The molecule has 0 radical (unpaired) electrons. The van der Waals surface area contributed by atoms with Crippen LogP contribution in [0.2, 0.25) is 0 Å². The third-order valence-electron chi connectivity index (χ3n) is 4.68. The summed E-state index contributed by atoms with van der Waals surface area (Å²) in [6.07, 6.45) is 5.56. The Morgan fingerprint density at radius 3 is 2.96 bits per heavy atom. The van der Waals surface area contributed by atoms with Gasteiger partial charge in [0.25, 0.3) is 0 Å². The van der Waals surface area contributed by atoms with Crippen molar-refractivity contribution in [2.75, 3.05) is 13.2 Å². The lowest BCUT2D eigenvalue weighted by Gasteiger charge is -2.28. The first-order valence-electron chi connectivity index (χ1n) is 8.82. The first kappa shape index (κ1) is 16.9. The highest BCUT2D eigenvalue weighted by molar-refractivity contribution is 5.93. The summed E-state index contributed by atoms with van der Waals surface area (Å²) in [5, 5.41) is 0. The topological polar surface area (TPSA) is 81.9 Å². The van der Waals surface area contributed by atoms with Crippen LogP contribution >= 0.6 is 0 Å². The number of ether oxygens (including phenoxy) is 2. The zero-order chi connectivity index (χ0) is 18.5. The molecular formula is C19H22N2O5. The van der Waals surface area contributed by atoms with Crippen LogP contribution in [0.25, 0.3) is 0 Å². The number of rotatable bonds is 1. The largest absolute Gasteiger partial charge is 0.500 e. The number of amides is 1. The van der Waals surface area contributed by atoms with E-state index < -0.39 is 11.5 Å². The molecule has 2 atom stereocenters. The Hall–Kier alpha value is -2.57. The molecular weight excluding hydrogens is 336 g/mol. The minimum Gasteiger partial charge on any atom is -0.500 e. The molecule has 26 heavy (non-hydrogen) atoms. The average Bonchev–Trinajstić information content (AvgIpc) is 3.19. The number of nitrogens with zero attached hydrogens (tertiary/aromatic N) is 2. The molecule has 1 aromatic rings. The Labute approximate surface area is 151 Å². The quantitative estimate of drug-likeness (QED) is 0.768. The Kier molecular flexibility index (Phi) is 3.89. The molecule has 2 unspecified atom stereocenters. The summed E-state index contributed by atoms with van der Waals surface area (Å²) in [7, 11) is 0. The summed E-state index contributed by atoms with van der Waals surface area (Å²) >= 11 is 0. The van der Waals surface area contributed by atoms with Crippen molar-refractivity contribution < 1.29 is 23.5 Å². The van der Waals surface area contributed by atoms with E-state index in [0.717, 1.165) is 11.3 Å². The molecule has 0 fully saturated rings. The van der Waals surface area contributed by atoms with Crippen molar-refractivity contribution in [3.63, 3.8) is 0 Å². The highest BCUT2D eigenvalue weighted by atomic mass is 16.6. The van der Waals surface area contributed by atoms with Crippen LogP contribution in [0, 0.1) is 5.92 Å². The van der Waals surface area contributed by atoms with Crippen molar-refractivity contribution in [1.82, 2.24) is 9.88 Å². The van der Waals surface area contributed by atoms with Gasteiger partial charge in [-0.25, -0.2) is 9.78 Å². The lowest BCUT2D eigenvalue weighted by atomic mass is 9.83. The second-order valence-electron chi connectivity index (χ2n) is 7.82. The van der Waals surface area contributed by atoms with E-state index in [1.807, 2.05) is 32.9 Å². The molecule has 0 saturated carbocycles. The molecule has 0 spiro atoms. The lowest BCUT2D eigenvalue weighted by Crippen LogP contribution is -2.39. The van der Waals surface area contributed by atoms with E-state index in [1.165, 1.54) is 0 Å². The van der Waals surface area contributed by atoms with Crippen molar-refractivity contribution >= 4 is 11.9 Å². The fourth-order valence-electron chi connectivity index (χ4n) is 3.37. The van der Waals surface area contributed by atoms with Gasteiger partial charge < -0.3 is 18.8 Å². The van der Waals surface area contributed by atoms with Crippen molar-refractivity contribution in [3.05, 3.63) is 41.3 Å². The van der Waals surface area contributed by atoms with Gasteiger partial charge in [-0.3, -0.25) is 4.79 Å². The zero-order valence-corrected chi connectivity index (χ0v) is 15.2. The van der Waals surface area contributed by atoms with Crippen LogP contribution in [0.5, 0.6) is 0 Å². The number of fused-ring (bicyclic) bond motifs is 2. The van der Waals surface area contributed by atoms with Gasteiger partial charge in [0.1, 0.15) is 23.9 Å². The summed E-state index contributed by atoms with van der Waals surface area (Å²) in [5.41, 5.74) is 1.17. The third kappa shape index (κ3) is 3.02. The molecule has 3 aliphatic rings. The number of allylic oxidation sites excluding steroid dienone is 2. The van der Waals surface area contributed by atoms with Crippen molar-refractivity contribution in [3.8, 4) is 0 Å². The van der Waals surface area contributed by atoms with E-state index in [-0.39, 0.29) is 17.8 Å². The molecule has 2 aliphatic heterocycles. The molecule has 4 rings (SSSR count). The molecule has 0 bridgehead atoms. The van der Waals surface area contributed by atoms with E-state index in [1.54, 1.807) is 11.2 Å². The standard InChI is InChI=1S/C19H22N2O5/c1-19(2,3)26-18(23)21-7-6-14-15(8-21)25-17(20-14)12-5-4-11-9-24-10-13(11)16(12)22/h4-5,9,12-13H,6-8,10H2,1-3H3. The maximum Gasteiger partial charge on any atom is 0.410 e. The summed E-state index contributed by atoms with van der Waals surface area (Å²) in [6, 6.07) is 0. The maximum absolute atomic E-state index is 12.7. The number of ketones is 1. The maximum atomic E-state index is 12.7. The summed E-state index contributed by atoms with van der Waals surface area (Å²) in [4.78, 5) is 31.1. The van der Waals surface area contributed by atoms with E-state index >= 15 is 0 Å². The molecule has 1 aliphatic carbocycles. The van der Waals surface area contributed by atoms with Gasteiger partial charge >= 0.3 is 6.09 Å². The Bertz CT molecular complexity index is 814. The van der Waals surface area contributed by atoms with Crippen LogP contribution < -0.4 is 0 Å². The van der Waals surface area contributed by atoms with Crippen LogP contribution in [-0.2, 0) is 27.2 Å². The van der Waals surface area contributed by atoms with E-state index in [2.05, 4.69) is 4.98 Å². The van der Waals surface area contributed by atoms with Gasteiger partial charge in [-0.1, -0.05) is 12.2 Å². The van der Waals surface area contributed by atoms with E-state index in [0.29, 0.717) is 37.8 Å². The SMILES string of the molecule is CC(C)(C)OC(=O)N1CCc2nc(C3C=CC4=COCC4C3=O)oc2C1. The highest BCUT2D eigenvalue weighted by Crippen LogP contribution is 2.35. The average molecular weight is 358 g/mol. The second-order valence-corrected chi connectivity index (χ2v) is 7.82. The fourth-order valence-corrected chi connectivity index (χ4v) is 3.37. The number of hydrogen-bond donors (Lipinski definition) is 0. The number of Topliss-reactive ketones (excluding diaryl/α,β-unsaturated/α-hetero) is 1. The molecule has 1 aromatic heterocycles. The number of hydrogen-bond acceptors (Lipinski definition) is 6. The van der Waals surface area contributed by atoms with Gasteiger partial charge in [0, 0.05) is 18.5 Å². The van der Waals surface area contributed by atoms with Crippen LogP contribution in [-0.4, -0.2) is 40.5 Å². The number of oxazole rings is 1. The van der Waals surface area contributed by atoms with Crippen LogP contribution in [0.4, 0.5) is 4.79 Å². The first-order valence-corrected chi connectivity index (χ1v) is 8.82. The summed E-state index contributed by atoms with van der Waals surface area (Å²) < 4.78 is 16.6. The van der Waals surface area contributed by atoms with Crippen molar-refractivity contribution in [1.29, 1.82) is 0 Å². The molecule has 7 nitrogen and oxygen atoms in total. The van der Waals surface area contributed by atoms with Crippen LogP contribution in [0.1, 0.15) is 44.0 Å². The predicted octanol–water partition coefficient (Wildman–Crippen LogP) is 2.72. The molecule has 138 valence electrons. The van der Waals surface area contributed by atoms with Crippen LogP contribution in [0.15, 0.2) is 28.4 Å². The molecule has 7 heteroatoms. The van der Waals surface area contributed by atoms with Crippen LogP contribution in [0.3, 0.4) is 0 Å². The minimum absolute atomic E-state index is 0.0406. The monoisotopic (exact) mass is 358 g/mol. The van der Waals surface area contributed by atoms with Gasteiger partial charge in [0.15, 0.2) is 5.78 Å². The highest BCUT2D eigenvalue weighted by Gasteiger charge is 2.38. The summed E-state index contributed by atoms with van der Waals surface area (Å²) in [6.45, 7) is 6.71. The Morgan fingerprint density at radius 2 is 2.19 bits per heavy atom. The van der Waals surface area contributed by atoms with E-state index in [4.69, 9.17) is 13.9 Å². The normalized spacial score (nSPS) is 24.7.